The molecule has 0 atom stereocenters. The van der Waals surface area contributed by atoms with Crippen molar-refractivity contribution in [2.45, 2.75) is 6.42 Å². The molecule has 2 amide bonds. The average molecular weight is 320 g/mol. The van der Waals surface area contributed by atoms with Gasteiger partial charge < -0.3 is 15.1 Å². The number of hydrogen-bond acceptors (Lipinski definition) is 4. The molecule has 4 rings (SSSR count). The highest BCUT2D eigenvalue weighted by molar-refractivity contribution is 6.04. The molecular weight excluding hydrogens is 308 g/mol. The molecule has 2 N–H and O–H groups in total. The van der Waals surface area contributed by atoms with Gasteiger partial charge in [-0.3, -0.25) is 14.4 Å². The number of anilines is 2. The highest BCUT2D eigenvalue weighted by Gasteiger charge is 2.18. The van der Waals surface area contributed by atoms with E-state index in [0.29, 0.717) is 16.7 Å². The maximum Gasteiger partial charge on any atom is 0.291 e. The Morgan fingerprint density at radius 3 is 2.79 bits per heavy atom. The zero-order valence-electron chi connectivity index (χ0n) is 12.5. The minimum atomic E-state index is -0.518. The summed E-state index contributed by atoms with van der Waals surface area (Å²) in [5, 5.41) is 5.84. The van der Waals surface area contributed by atoms with Crippen molar-refractivity contribution in [3.8, 4) is 0 Å². The Morgan fingerprint density at radius 1 is 1.08 bits per heavy atom. The first-order chi connectivity index (χ1) is 11.6. The van der Waals surface area contributed by atoms with E-state index in [2.05, 4.69) is 10.6 Å². The van der Waals surface area contributed by atoms with E-state index in [9.17, 15) is 14.4 Å². The van der Waals surface area contributed by atoms with Gasteiger partial charge >= 0.3 is 0 Å². The summed E-state index contributed by atoms with van der Waals surface area (Å²) in [5.41, 5.74) is 2.18. The maximum atomic E-state index is 12.3. The summed E-state index contributed by atoms with van der Waals surface area (Å²) in [4.78, 5) is 35.8. The van der Waals surface area contributed by atoms with Crippen LogP contribution in [0.4, 0.5) is 11.4 Å². The maximum absolute atomic E-state index is 12.3. The van der Waals surface area contributed by atoms with Crippen molar-refractivity contribution in [3.05, 3.63) is 70.1 Å². The lowest BCUT2D eigenvalue weighted by atomic mass is 10.1. The van der Waals surface area contributed by atoms with Crippen LogP contribution in [0.25, 0.3) is 11.0 Å². The summed E-state index contributed by atoms with van der Waals surface area (Å²) in [6.45, 7) is 0. The summed E-state index contributed by atoms with van der Waals surface area (Å²) in [6.07, 6.45) is 0.282. The largest absolute Gasteiger partial charge is 0.451 e. The van der Waals surface area contributed by atoms with Crippen molar-refractivity contribution in [3.63, 3.8) is 0 Å². The van der Waals surface area contributed by atoms with Crippen LogP contribution in [0.3, 0.4) is 0 Å². The molecule has 0 aliphatic carbocycles. The number of nitrogens with one attached hydrogen (secondary N) is 2. The van der Waals surface area contributed by atoms with E-state index in [1.165, 1.54) is 6.07 Å². The standard InChI is InChI=1S/C18H12N2O4/c21-14-9-16(24-15-4-2-1-3-12(14)15)18(23)19-11-5-6-13-10(7-11)8-17(22)20-13/h1-7,9H,8H2,(H,19,23)(H,20,22). The van der Waals surface area contributed by atoms with E-state index < -0.39 is 5.91 Å². The second-order valence-electron chi connectivity index (χ2n) is 5.52. The first kappa shape index (κ1) is 14.2. The number of fused-ring (bicyclic) bond motifs is 2. The Morgan fingerprint density at radius 2 is 1.92 bits per heavy atom. The quantitative estimate of drug-likeness (QED) is 0.759. The average Bonchev–Trinajstić information content (AvgIpc) is 2.94. The molecule has 0 radical (unpaired) electrons. The van der Waals surface area contributed by atoms with E-state index in [4.69, 9.17) is 4.42 Å². The van der Waals surface area contributed by atoms with Gasteiger partial charge in [0.15, 0.2) is 11.2 Å². The number of carbonyl (C=O) groups excluding carboxylic acids is 2. The van der Waals surface area contributed by atoms with Gasteiger partial charge in [-0.15, -0.1) is 0 Å². The summed E-state index contributed by atoms with van der Waals surface area (Å²) >= 11 is 0. The second-order valence-corrected chi connectivity index (χ2v) is 5.52. The summed E-state index contributed by atoms with van der Waals surface area (Å²) < 4.78 is 5.51. The molecule has 1 aliphatic rings. The van der Waals surface area contributed by atoms with Crippen LogP contribution in [0.5, 0.6) is 0 Å². The predicted octanol–water partition coefficient (Wildman–Crippen LogP) is 2.54. The van der Waals surface area contributed by atoms with Gasteiger partial charge in [-0.05, 0) is 35.9 Å². The molecule has 6 nitrogen and oxygen atoms in total. The minimum absolute atomic E-state index is 0.0617. The molecule has 2 aromatic carbocycles. The minimum Gasteiger partial charge on any atom is -0.451 e. The number of carbonyl (C=O) groups is 2. The smallest absolute Gasteiger partial charge is 0.291 e. The highest BCUT2D eigenvalue weighted by atomic mass is 16.3. The van der Waals surface area contributed by atoms with Crippen molar-refractivity contribution in [2.75, 3.05) is 10.6 Å². The number of benzene rings is 2. The number of rotatable bonds is 2. The third-order valence-electron chi connectivity index (χ3n) is 3.85. The van der Waals surface area contributed by atoms with Crippen LogP contribution in [0.15, 0.2) is 57.7 Å². The van der Waals surface area contributed by atoms with Gasteiger partial charge in [0.05, 0.1) is 11.8 Å². The normalized spacial score (nSPS) is 12.8. The van der Waals surface area contributed by atoms with E-state index in [-0.39, 0.29) is 23.5 Å². The van der Waals surface area contributed by atoms with Crippen LogP contribution in [0.1, 0.15) is 16.1 Å². The van der Waals surface area contributed by atoms with Crippen LogP contribution < -0.4 is 16.1 Å². The third-order valence-corrected chi connectivity index (χ3v) is 3.85. The van der Waals surface area contributed by atoms with Crippen molar-refractivity contribution in [1.82, 2.24) is 0 Å². The van der Waals surface area contributed by atoms with Crippen LogP contribution in [-0.2, 0) is 11.2 Å². The van der Waals surface area contributed by atoms with E-state index in [1.807, 2.05) is 0 Å². The molecule has 0 saturated carbocycles. The van der Waals surface area contributed by atoms with Gasteiger partial charge in [-0.1, -0.05) is 12.1 Å². The molecular formula is C18H12N2O4. The van der Waals surface area contributed by atoms with Gasteiger partial charge in [0.2, 0.25) is 5.91 Å². The number of amides is 2. The zero-order chi connectivity index (χ0) is 16.7. The van der Waals surface area contributed by atoms with Crippen LogP contribution in [0, 0.1) is 0 Å². The summed E-state index contributed by atoms with van der Waals surface area (Å²) in [6, 6.07) is 13.1. The Kier molecular flexibility index (Phi) is 3.16. The third kappa shape index (κ3) is 2.44. The molecule has 0 saturated heterocycles. The van der Waals surface area contributed by atoms with Gasteiger partial charge in [0.1, 0.15) is 5.58 Å². The number of para-hydroxylation sites is 1. The van der Waals surface area contributed by atoms with E-state index in [0.717, 1.165) is 11.3 Å². The second kappa shape index (κ2) is 5.34. The van der Waals surface area contributed by atoms with Crippen molar-refractivity contribution < 1.29 is 14.0 Å². The van der Waals surface area contributed by atoms with Crippen LogP contribution >= 0.6 is 0 Å². The van der Waals surface area contributed by atoms with Gasteiger partial charge in [-0.2, -0.15) is 0 Å². The molecule has 0 spiro atoms. The van der Waals surface area contributed by atoms with Crippen LogP contribution in [0.2, 0.25) is 0 Å². The monoisotopic (exact) mass is 320 g/mol. The molecule has 24 heavy (non-hydrogen) atoms. The lowest BCUT2D eigenvalue weighted by Crippen LogP contribution is -2.15. The fourth-order valence-electron chi connectivity index (χ4n) is 2.72. The number of hydrogen-bond donors (Lipinski definition) is 2. The topological polar surface area (TPSA) is 88.4 Å². The molecule has 0 unspecified atom stereocenters. The van der Waals surface area contributed by atoms with Crippen molar-refractivity contribution >= 4 is 34.2 Å². The molecule has 1 aliphatic heterocycles. The molecule has 3 aromatic rings. The molecule has 1 aromatic heterocycles. The van der Waals surface area contributed by atoms with Gasteiger partial charge in [-0.25, -0.2) is 0 Å². The first-order valence-corrected chi connectivity index (χ1v) is 7.37. The highest BCUT2D eigenvalue weighted by Crippen LogP contribution is 2.26. The van der Waals surface area contributed by atoms with E-state index >= 15 is 0 Å². The summed E-state index contributed by atoms with van der Waals surface area (Å²) in [5.74, 6) is -0.655. The zero-order valence-corrected chi connectivity index (χ0v) is 12.5. The molecule has 6 heteroatoms. The molecule has 2 heterocycles. The van der Waals surface area contributed by atoms with E-state index in [1.54, 1.807) is 42.5 Å². The first-order valence-electron chi connectivity index (χ1n) is 7.37. The SMILES string of the molecule is O=C1Cc2cc(NC(=O)c3cc(=O)c4ccccc4o3)ccc2N1. The fraction of sp³-hybridized carbons (Fsp3) is 0.0556. The van der Waals surface area contributed by atoms with Crippen LogP contribution in [-0.4, -0.2) is 11.8 Å². The molecule has 0 bridgehead atoms. The van der Waals surface area contributed by atoms with Crippen molar-refractivity contribution in [2.24, 2.45) is 0 Å². The van der Waals surface area contributed by atoms with Gasteiger partial charge in [0, 0.05) is 17.4 Å². The Hall–Kier alpha value is -3.41. The van der Waals surface area contributed by atoms with Crippen molar-refractivity contribution in [1.29, 1.82) is 0 Å². The Labute approximate surface area is 136 Å². The lowest BCUT2D eigenvalue weighted by molar-refractivity contribution is -0.115. The molecule has 118 valence electrons. The Bertz CT molecular complexity index is 1050. The van der Waals surface area contributed by atoms with Gasteiger partial charge in [0.25, 0.3) is 5.91 Å². The predicted molar refractivity (Wildman–Crippen MR) is 89.2 cm³/mol. The lowest BCUT2D eigenvalue weighted by Gasteiger charge is -2.07. The molecule has 0 fully saturated rings. The summed E-state index contributed by atoms with van der Waals surface area (Å²) in [7, 11) is 0. The fourth-order valence-corrected chi connectivity index (χ4v) is 2.72. The Balaban J connectivity index is 1.64.